The van der Waals surface area contributed by atoms with E-state index in [1.807, 2.05) is 12.1 Å². The van der Waals surface area contributed by atoms with Gasteiger partial charge in [-0.3, -0.25) is 9.59 Å². The highest BCUT2D eigenvalue weighted by atomic mass is 16.2. The van der Waals surface area contributed by atoms with Crippen molar-refractivity contribution in [1.82, 2.24) is 10.2 Å². The van der Waals surface area contributed by atoms with Gasteiger partial charge in [-0.05, 0) is 49.7 Å². The first-order valence-corrected chi connectivity index (χ1v) is 8.56. The molecule has 1 heterocycles. The Kier molecular flexibility index (Phi) is 4.96. The minimum Gasteiger partial charge on any atom is -0.348 e. The van der Waals surface area contributed by atoms with E-state index in [1.165, 1.54) is 11.1 Å². The highest BCUT2D eigenvalue weighted by molar-refractivity contribution is 5.87. The van der Waals surface area contributed by atoms with E-state index in [1.54, 1.807) is 4.90 Å². The Morgan fingerprint density at radius 1 is 1.22 bits per heavy atom. The predicted molar refractivity (Wildman–Crippen MR) is 88.7 cm³/mol. The van der Waals surface area contributed by atoms with Crippen molar-refractivity contribution < 1.29 is 9.59 Å². The Hall–Kier alpha value is -1.88. The SMILES string of the molecule is N[C@@H]1CCCCN(CC(=O)N[C@@H]2CCCc3ccccc32)C1=O. The first kappa shape index (κ1) is 16.0. The fourth-order valence-electron chi connectivity index (χ4n) is 3.61. The molecular formula is C18H25N3O2. The van der Waals surface area contributed by atoms with Gasteiger partial charge < -0.3 is 16.0 Å². The van der Waals surface area contributed by atoms with Crippen LogP contribution in [0.4, 0.5) is 0 Å². The molecule has 3 N–H and O–H groups in total. The summed E-state index contributed by atoms with van der Waals surface area (Å²) in [6, 6.07) is 7.88. The van der Waals surface area contributed by atoms with Crippen LogP contribution in [-0.4, -0.2) is 35.8 Å². The Labute approximate surface area is 137 Å². The molecule has 3 rings (SSSR count). The topological polar surface area (TPSA) is 75.4 Å². The van der Waals surface area contributed by atoms with E-state index in [0.29, 0.717) is 13.0 Å². The second kappa shape index (κ2) is 7.13. The molecule has 0 saturated carbocycles. The average molecular weight is 315 g/mol. The summed E-state index contributed by atoms with van der Waals surface area (Å²) in [5.74, 6) is -0.184. The molecule has 1 saturated heterocycles. The second-order valence-electron chi connectivity index (χ2n) is 6.57. The number of hydrogen-bond acceptors (Lipinski definition) is 3. The van der Waals surface area contributed by atoms with Gasteiger partial charge in [-0.25, -0.2) is 0 Å². The van der Waals surface area contributed by atoms with Crippen molar-refractivity contribution in [2.24, 2.45) is 5.73 Å². The maximum atomic E-state index is 12.4. The minimum atomic E-state index is -0.458. The van der Waals surface area contributed by atoms with Crippen molar-refractivity contribution in [2.45, 2.75) is 50.6 Å². The number of rotatable bonds is 3. The molecule has 2 amide bonds. The first-order chi connectivity index (χ1) is 11.1. The number of nitrogens with one attached hydrogen (secondary N) is 1. The molecular weight excluding hydrogens is 290 g/mol. The number of hydrogen-bond donors (Lipinski definition) is 2. The molecule has 23 heavy (non-hydrogen) atoms. The number of amides is 2. The highest BCUT2D eigenvalue weighted by Crippen LogP contribution is 2.29. The van der Waals surface area contributed by atoms with E-state index in [9.17, 15) is 9.59 Å². The summed E-state index contributed by atoms with van der Waals surface area (Å²) in [7, 11) is 0. The first-order valence-electron chi connectivity index (χ1n) is 8.56. The summed E-state index contributed by atoms with van der Waals surface area (Å²) >= 11 is 0. The standard InChI is InChI=1S/C18H25N3O2/c19-15-9-3-4-11-21(18(15)23)12-17(22)20-16-10-5-7-13-6-1-2-8-14(13)16/h1-2,6,8,15-16H,3-5,7,9-12,19H2,(H,20,22)/t15-,16-/m1/s1. The third-order valence-corrected chi connectivity index (χ3v) is 4.86. The zero-order valence-corrected chi connectivity index (χ0v) is 13.5. The quantitative estimate of drug-likeness (QED) is 0.888. The van der Waals surface area contributed by atoms with Crippen LogP contribution in [0.25, 0.3) is 0 Å². The number of carbonyl (C=O) groups is 2. The highest BCUT2D eigenvalue weighted by Gasteiger charge is 2.27. The number of nitrogens with zero attached hydrogens (tertiary/aromatic N) is 1. The van der Waals surface area contributed by atoms with E-state index >= 15 is 0 Å². The van der Waals surface area contributed by atoms with Crippen LogP contribution in [0.1, 0.15) is 49.3 Å². The zero-order valence-electron chi connectivity index (χ0n) is 13.5. The molecule has 0 spiro atoms. The molecule has 1 aromatic rings. The summed E-state index contributed by atoms with van der Waals surface area (Å²) in [4.78, 5) is 26.2. The molecule has 1 aliphatic heterocycles. The molecule has 0 aromatic heterocycles. The zero-order chi connectivity index (χ0) is 16.2. The molecule has 0 radical (unpaired) electrons. The van der Waals surface area contributed by atoms with Crippen molar-refractivity contribution in [2.75, 3.05) is 13.1 Å². The molecule has 1 aromatic carbocycles. The smallest absolute Gasteiger partial charge is 0.240 e. The van der Waals surface area contributed by atoms with E-state index < -0.39 is 6.04 Å². The second-order valence-corrected chi connectivity index (χ2v) is 6.57. The van der Waals surface area contributed by atoms with E-state index in [-0.39, 0.29) is 24.4 Å². The predicted octanol–water partition coefficient (Wildman–Crippen LogP) is 1.52. The van der Waals surface area contributed by atoms with E-state index in [2.05, 4.69) is 17.4 Å². The van der Waals surface area contributed by atoms with Crippen LogP contribution >= 0.6 is 0 Å². The van der Waals surface area contributed by atoms with Gasteiger partial charge in [0, 0.05) is 6.54 Å². The molecule has 124 valence electrons. The third kappa shape index (κ3) is 3.72. The lowest BCUT2D eigenvalue weighted by atomic mass is 9.88. The van der Waals surface area contributed by atoms with E-state index in [4.69, 9.17) is 5.73 Å². The maximum absolute atomic E-state index is 12.4. The summed E-state index contributed by atoms with van der Waals surface area (Å²) in [5, 5.41) is 3.10. The molecule has 0 bridgehead atoms. The molecule has 5 heteroatoms. The monoisotopic (exact) mass is 315 g/mol. The summed E-state index contributed by atoms with van der Waals surface area (Å²) in [6.07, 6.45) is 5.68. The Balaban J connectivity index is 1.63. The Morgan fingerprint density at radius 2 is 2.04 bits per heavy atom. The molecule has 2 aliphatic rings. The van der Waals surface area contributed by atoms with Crippen molar-refractivity contribution in [1.29, 1.82) is 0 Å². The van der Waals surface area contributed by atoms with Gasteiger partial charge in [0.15, 0.2) is 0 Å². The van der Waals surface area contributed by atoms with Gasteiger partial charge in [0.05, 0.1) is 18.6 Å². The van der Waals surface area contributed by atoms with Gasteiger partial charge in [0.25, 0.3) is 0 Å². The molecule has 0 unspecified atom stereocenters. The number of carbonyl (C=O) groups excluding carboxylic acids is 2. The van der Waals surface area contributed by atoms with Crippen LogP contribution in [0.2, 0.25) is 0 Å². The lowest BCUT2D eigenvalue weighted by molar-refractivity contribution is -0.136. The normalized spacial score (nSPS) is 24.7. The van der Waals surface area contributed by atoms with Gasteiger partial charge in [0.1, 0.15) is 0 Å². The van der Waals surface area contributed by atoms with E-state index in [0.717, 1.165) is 32.1 Å². The number of fused-ring (bicyclic) bond motifs is 1. The number of aryl methyl sites for hydroxylation is 1. The molecule has 1 aliphatic carbocycles. The summed E-state index contributed by atoms with van der Waals surface area (Å²) in [6.45, 7) is 0.742. The van der Waals surface area contributed by atoms with Crippen molar-refractivity contribution in [3.05, 3.63) is 35.4 Å². The lowest BCUT2D eigenvalue weighted by Crippen LogP contribution is -2.47. The minimum absolute atomic E-state index is 0.0585. The van der Waals surface area contributed by atoms with Crippen LogP contribution < -0.4 is 11.1 Å². The third-order valence-electron chi connectivity index (χ3n) is 4.86. The average Bonchev–Trinajstić information content (AvgIpc) is 2.71. The Morgan fingerprint density at radius 3 is 2.91 bits per heavy atom. The molecule has 2 atom stereocenters. The summed E-state index contributed by atoms with van der Waals surface area (Å²) < 4.78 is 0. The van der Waals surface area contributed by atoms with Crippen molar-refractivity contribution >= 4 is 11.8 Å². The van der Waals surface area contributed by atoms with Crippen LogP contribution in [-0.2, 0) is 16.0 Å². The van der Waals surface area contributed by atoms with Gasteiger partial charge in [-0.15, -0.1) is 0 Å². The number of likely N-dealkylation sites (tertiary alicyclic amines) is 1. The van der Waals surface area contributed by atoms with Gasteiger partial charge >= 0.3 is 0 Å². The number of benzene rings is 1. The fraction of sp³-hybridized carbons (Fsp3) is 0.556. The van der Waals surface area contributed by atoms with Gasteiger partial charge in [0.2, 0.25) is 11.8 Å². The maximum Gasteiger partial charge on any atom is 0.240 e. The van der Waals surface area contributed by atoms with Crippen molar-refractivity contribution in [3.63, 3.8) is 0 Å². The number of nitrogens with two attached hydrogens (primary N) is 1. The van der Waals surface area contributed by atoms with Crippen LogP contribution in [0.15, 0.2) is 24.3 Å². The summed E-state index contributed by atoms with van der Waals surface area (Å²) in [5.41, 5.74) is 8.40. The van der Waals surface area contributed by atoms with Gasteiger partial charge in [-0.2, -0.15) is 0 Å². The van der Waals surface area contributed by atoms with Crippen LogP contribution in [0, 0.1) is 0 Å². The van der Waals surface area contributed by atoms with Crippen LogP contribution in [0.5, 0.6) is 0 Å². The van der Waals surface area contributed by atoms with Gasteiger partial charge in [-0.1, -0.05) is 24.3 Å². The lowest BCUT2D eigenvalue weighted by Gasteiger charge is -2.28. The largest absolute Gasteiger partial charge is 0.348 e. The van der Waals surface area contributed by atoms with Crippen LogP contribution in [0.3, 0.4) is 0 Å². The molecule has 5 nitrogen and oxygen atoms in total. The Bertz CT molecular complexity index is 587. The molecule has 1 fully saturated rings. The van der Waals surface area contributed by atoms with Crippen molar-refractivity contribution in [3.8, 4) is 0 Å². The fourth-order valence-corrected chi connectivity index (χ4v) is 3.61.